The summed E-state index contributed by atoms with van der Waals surface area (Å²) < 4.78 is 0. The summed E-state index contributed by atoms with van der Waals surface area (Å²) in [4.78, 5) is 15.8. The highest BCUT2D eigenvalue weighted by Gasteiger charge is 2.21. The Balaban J connectivity index is 1.98. The maximum Gasteiger partial charge on any atom is 0.223 e. The van der Waals surface area contributed by atoms with Crippen LogP contribution in [-0.4, -0.2) is 17.4 Å². The van der Waals surface area contributed by atoms with Gasteiger partial charge in [-0.1, -0.05) is 6.42 Å². The van der Waals surface area contributed by atoms with Crippen LogP contribution in [0.5, 0.6) is 0 Å². The number of aromatic nitrogens is 1. The summed E-state index contributed by atoms with van der Waals surface area (Å²) in [5.74, 6) is 0.343. The third-order valence-corrected chi connectivity index (χ3v) is 3.22. The highest BCUT2D eigenvalue weighted by atomic mass is 32.1. The molecule has 0 radical (unpaired) electrons. The number of nitrogens with one attached hydrogen (secondary N) is 1. The molecule has 14 heavy (non-hydrogen) atoms. The van der Waals surface area contributed by atoms with E-state index in [1.165, 1.54) is 0 Å². The van der Waals surface area contributed by atoms with E-state index in [1.807, 2.05) is 10.9 Å². The van der Waals surface area contributed by atoms with E-state index in [0.717, 1.165) is 37.9 Å². The summed E-state index contributed by atoms with van der Waals surface area (Å²) in [5, 5.41) is 4.97. The third kappa shape index (κ3) is 2.32. The lowest BCUT2D eigenvalue weighted by Gasteiger charge is -2.10. The van der Waals surface area contributed by atoms with E-state index in [4.69, 9.17) is 0 Å². The van der Waals surface area contributed by atoms with Crippen LogP contribution in [0, 0.1) is 5.92 Å². The maximum atomic E-state index is 11.6. The molecule has 1 aliphatic heterocycles. The van der Waals surface area contributed by atoms with Crippen LogP contribution in [0.2, 0.25) is 0 Å². The van der Waals surface area contributed by atoms with Gasteiger partial charge in [-0.15, -0.1) is 11.3 Å². The van der Waals surface area contributed by atoms with Gasteiger partial charge in [0.2, 0.25) is 5.91 Å². The molecule has 1 atom stereocenters. The van der Waals surface area contributed by atoms with E-state index in [9.17, 15) is 4.79 Å². The van der Waals surface area contributed by atoms with Crippen molar-refractivity contribution in [1.82, 2.24) is 10.3 Å². The van der Waals surface area contributed by atoms with E-state index in [-0.39, 0.29) is 11.8 Å². The van der Waals surface area contributed by atoms with Crippen LogP contribution in [0.1, 0.15) is 25.0 Å². The monoisotopic (exact) mass is 210 g/mol. The molecule has 2 rings (SSSR count). The number of rotatable bonds is 2. The summed E-state index contributed by atoms with van der Waals surface area (Å²) in [6.45, 7) is 0.840. The normalized spacial score (nSPS) is 22.9. The fourth-order valence-corrected chi connectivity index (χ4v) is 2.36. The minimum atomic E-state index is 0.139. The Labute approximate surface area is 87.6 Å². The van der Waals surface area contributed by atoms with Crippen LogP contribution < -0.4 is 5.32 Å². The Morgan fingerprint density at radius 1 is 1.57 bits per heavy atom. The molecular formula is C10H14N2OS. The van der Waals surface area contributed by atoms with Gasteiger partial charge in [0.25, 0.3) is 0 Å². The lowest BCUT2D eigenvalue weighted by Crippen LogP contribution is -2.30. The van der Waals surface area contributed by atoms with Crippen molar-refractivity contribution >= 4 is 17.2 Å². The second-order valence-electron chi connectivity index (χ2n) is 3.67. The summed E-state index contributed by atoms with van der Waals surface area (Å²) in [5.41, 5.74) is 2.88. The van der Waals surface area contributed by atoms with Gasteiger partial charge in [-0.05, 0) is 12.8 Å². The van der Waals surface area contributed by atoms with Crippen molar-refractivity contribution in [1.29, 1.82) is 0 Å². The largest absolute Gasteiger partial charge is 0.356 e. The second-order valence-corrected chi connectivity index (χ2v) is 4.39. The van der Waals surface area contributed by atoms with Gasteiger partial charge in [-0.2, -0.15) is 0 Å². The van der Waals surface area contributed by atoms with E-state index >= 15 is 0 Å². The first-order valence-corrected chi connectivity index (χ1v) is 5.95. The molecule has 2 heterocycles. The number of thiazole rings is 1. The molecule has 4 heteroatoms. The number of hydrogen-bond donors (Lipinski definition) is 1. The molecule has 1 aliphatic rings. The summed E-state index contributed by atoms with van der Waals surface area (Å²) in [6.07, 6.45) is 4.06. The zero-order chi connectivity index (χ0) is 9.80. The first kappa shape index (κ1) is 9.65. The van der Waals surface area contributed by atoms with E-state index in [1.54, 1.807) is 11.3 Å². The minimum absolute atomic E-state index is 0.139. The van der Waals surface area contributed by atoms with Crippen LogP contribution >= 0.6 is 11.3 Å². The molecule has 0 bridgehead atoms. The zero-order valence-corrected chi connectivity index (χ0v) is 8.85. The molecule has 1 saturated heterocycles. The quantitative estimate of drug-likeness (QED) is 0.805. The van der Waals surface area contributed by atoms with Crippen molar-refractivity contribution in [3.05, 3.63) is 16.6 Å². The Bertz CT molecular complexity index is 297. The molecule has 0 aromatic carbocycles. The predicted molar refractivity (Wildman–Crippen MR) is 56.2 cm³/mol. The van der Waals surface area contributed by atoms with E-state index < -0.39 is 0 Å². The average Bonchev–Trinajstić information content (AvgIpc) is 2.60. The van der Waals surface area contributed by atoms with Gasteiger partial charge < -0.3 is 5.32 Å². The molecular weight excluding hydrogens is 196 g/mol. The Morgan fingerprint density at radius 2 is 2.50 bits per heavy atom. The first-order chi connectivity index (χ1) is 6.86. The van der Waals surface area contributed by atoms with E-state index in [2.05, 4.69) is 10.3 Å². The number of carbonyl (C=O) groups excluding carboxylic acids is 1. The van der Waals surface area contributed by atoms with Gasteiger partial charge in [-0.3, -0.25) is 4.79 Å². The minimum Gasteiger partial charge on any atom is -0.356 e. The van der Waals surface area contributed by atoms with Crippen LogP contribution in [0.4, 0.5) is 0 Å². The number of carbonyl (C=O) groups is 1. The van der Waals surface area contributed by atoms with Crippen LogP contribution in [0.15, 0.2) is 10.9 Å². The van der Waals surface area contributed by atoms with Gasteiger partial charge in [-0.25, -0.2) is 4.98 Å². The molecule has 1 amide bonds. The van der Waals surface area contributed by atoms with Crippen molar-refractivity contribution in [2.75, 3.05) is 6.54 Å². The lowest BCUT2D eigenvalue weighted by atomic mass is 9.98. The summed E-state index contributed by atoms with van der Waals surface area (Å²) in [6, 6.07) is 0. The molecule has 1 aromatic heterocycles. The van der Waals surface area contributed by atoms with Crippen molar-refractivity contribution in [3.8, 4) is 0 Å². The van der Waals surface area contributed by atoms with E-state index in [0.29, 0.717) is 0 Å². The summed E-state index contributed by atoms with van der Waals surface area (Å²) in [7, 11) is 0. The lowest BCUT2D eigenvalue weighted by molar-refractivity contribution is -0.124. The maximum absolute atomic E-state index is 11.6. The SMILES string of the molecule is O=C1NCCCCC1Cc1cscn1. The van der Waals surface area contributed by atoms with Crippen molar-refractivity contribution in [2.24, 2.45) is 5.92 Å². The van der Waals surface area contributed by atoms with Gasteiger partial charge in [0.15, 0.2) is 0 Å². The topological polar surface area (TPSA) is 42.0 Å². The molecule has 1 N–H and O–H groups in total. The van der Waals surface area contributed by atoms with Gasteiger partial charge in [0.05, 0.1) is 11.2 Å². The Hall–Kier alpha value is -0.900. The number of amides is 1. The molecule has 0 aliphatic carbocycles. The smallest absolute Gasteiger partial charge is 0.223 e. The molecule has 0 saturated carbocycles. The molecule has 1 fully saturated rings. The third-order valence-electron chi connectivity index (χ3n) is 2.59. The highest BCUT2D eigenvalue weighted by molar-refractivity contribution is 7.07. The van der Waals surface area contributed by atoms with Crippen LogP contribution in [0.25, 0.3) is 0 Å². The van der Waals surface area contributed by atoms with Crippen molar-refractivity contribution in [3.63, 3.8) is 0 Å². The Kier molecular flexibility index (Phi) is 3.14. The van der Waals surface area contributed by atoms with Crippen molar-refractivity contribution < 1.29 is 4.79 Å². The molecule has 3 nitrogen and oxygen atoms in total. The molecule has 0 spiro atoms. The molecule has 76 valence electrons. The Morgan fingerprint density at radius 3 is 3.29 bits per heavy atom. The van der Waals surface area contributed by atoms with Crippen LogP contribution in [0.3, 0.4) is 0 Å². The van der Waals surface area contributed by atoms with Gasteiger partial charge in [0.1, 0.15) is 0 Å². The zero-order valence-electron chi connectivity index (χ0n) is 8.03. The second kappa shape index (κ2) is 4.55. The number of hydrogen-bond acceptors (Lipinski definition) is 3. The standard InChI is InChI=1S/C10H14N2OS/c13-10-8(3-1-2-4-11-10)5-9-6-14-7-12-9/h6-8H,1-5H2,(H,11,13). The van der Waals surface area contributed by atoms with Gasteiger partial charge >= 0.3 is 0 Å². The highest BCUT2D eigenvalue weighted by Crippen LogP contribution is 2.17. The summed E-state index contributed by atoms with van der Waals surface area (Å²) >= 11 is 1.59. The number of nitrogens with zero attached hydrogens (tertiary/aromatic N) is 1. The van der Waals surface area contributed by atoms with Gasteiger partial charge in [0, 0.05) is 24.3 Å². The van der Waals surface area contributed by atoms with Crippen molar-refractivity contribution in [2.45, 2.75) is 25.7 Å². The van der Waals surface area contributed by atoms with Crippen LogP contribution in [-0.2, 0) is 11.2 Å². The predicted octanol–water partition coefficient (Wildman–Crippen LogP) is 1.60. The fourth-order valence-electron chi connectivity index (χ4n) is 1.79. The fraction of sp³-hybridized carbons (Fsp3) is 0.600. The average molecular weight is 210 g/mol. The molecule has 1 aromatic rings. The first-order valence-electron chi connectivity index (χ1n) is 5.01. The molecule has 1 unspecified atom stereocenters.